The summed E-state index contributed by atoms with van der Waals surface area (Å²) in [6, 6.07) is 9.93. The molecular formula is C18H25ClN4O3. The zero-order valence-electron chi connectivity index (χ0n) is 14.6. The number of rotatable bonds is 6. The molecule has 1 aromatic rings. The van der Waals surface area contributed by atoms with E-state index in [4.69, 9.17) is 4.74 Å². The van der Waals surface area contributed by atoms with Crippen molar-refractivity contribution in [1.29, 1.82) is 0 Å². The SMILES string of the molecule is Cl.O=C(CC1COCCN1)NCCN1N=C(c2ccccc2)CCC1=O. The molecule has 0 aliphatic carbocycles. The first-order valence-electron chi connectivity index (χ1n) is 8.73. The third-order valence-corrected chi connectivity index (χ3v) is 4.29. The third kappa shape index (κ3) is 5.79. The van der Waals surface area contributed by atoms with Crippen LogP contribution in [0.15, 0.2) is 35.4 Å². The highest BCUT2D eigenvalue weighted by Gasteiger charge is 2.21. The van der Waals surface area contributed by atoms with Crippen molar-refractivity contribution in [3.05, 3.63) is 35.9 Å². The van der Waals surface area contributed by atoms with Crippen molar-refractivity contribution in [2.75, 3.05) is 32.8 Å². The molecule has 2 aliphatic rings. The van der Waals surface area contributed by atoms with E-state index in [0.29, 0.717) is 45.6 Å². The van der Waals surface area contributed by atoms with Crippen molar-refractivity contribution in [2.45, 2.75) is 25.3 Å². The minimum Gasteiger partial charge on any atom is -0.378 e. The Morgan fingerprint density at radius 3 is 2.85 bits per heavy atom. The van der Waals surface area contributed by atoms with E-state index >= 15 is 0 Å². The van der Waals surface area contributed by atoms with E-state index in [-0.39, 0.29) is 30.3 Å². The molecule has 0 bridgehead atoms. The van der Waals surface area contributed by atoms with E-state index in [2.05, 4.69) is 15.7 Å². The summed E-state index contributed by atoms with van der Waals surface area (Å²) >= 11 is 0. The van der Waals surface area contributed by atoms with Crippen LogP contribution in [0, 0.1) is 0 Å². The number of amides is 2. The van der Waals surface area contributed by atoms with Crippen LogP contribution in [0.4, 0.5) is 0 Å². The van der Waals surface area contributed by atoms with Crippen LogP contribution in [0.3, 0.4) is 0 Å². The third-order valence-electron chi connectivity index (χ3n) is 4.29. The van der Waals surface area contributed by atoms with Gasteiger partial charge in [-0.25, -0.2) is 5.01 Å². The molecule has 2 amide bonds. The molecule has 2 aliphatic heterocycles. The largest absolute Gasteiger partial charge is 0.378 e. The number of carbonyl (C=O) groups is 2. The van der Waals surface area contributed by atoms with Crippen LogP contribution >= 0.6 is 12.4 Å². The smallest absolute Gasteiger partial charge is 0.243 e. The molecule has 0 saturated carbocycles. The van der Waals surface area contributed by atoms with Gasteiger partial charge in [0.1, 0.15) is 0 Å². The number of hydrogen-bond acceptors (Lipinski definition) is 5. The molecule has 8 heteroatoms. The molecule has 1 atom stereocenters. The lowest BCUT2D eigenvalue weighted by molar-refractivity contribution is -0.132. The van der Waals surface area contributed by atoms with Gasteiger partial charge in [0.15, 0.2) is 0 Å². The van der Waals surface area contributed by atoms with E-state index < -0.39 is 0 Å². The zero-order valence-corrected chi connectivity index (χ0v) is 15.5. The van der Waals surface area contributed by atoms with Crippen LogP contribution in [-0.4, -0.2) is 61.4 Å². The lowest BCUT2D eigenvalue weighted by Crippen LogP contribution is -2.45. The van der Waals surface area contributed by atoms with Crippen molar-refractivity contribution in [3.63, 3.8) is 0 Å². The van der Waals surface area contributed by atoms with Gasteiger partial charge >= 0.3 is 0 Å². The molecule has 0 radical (unpaired) electrons. The molecule has 0 aromatic heterocycles. The van der Waals surface area contributed by atoms with Gasteiger partial charge < -0.3 is 15.4 Å². The van der Waals surface area contributed by atoms with Crippen LogP contribution < -0.4 is 10.6 Å². The molecule has 3 rings (SSSR count). The Balaban J connectivity index is 0.00000243. The summed E-state index contributed by atoms with van der Waals surface area (Å²) in [7, 11) is 0. The van der Waals surface area contributed by atoms with Crippen LogP contribution in [-0.2, 0) is 14.3 Å². The molecule has 2 heterocycles. The number of nitrogens with zero attached hydrogens (tertiary/aromatic N) is 2. The molecule has 142 valence electrons. The van der Waals surface area contributed by atoms with Gasteiger partial charge in [0, 0.05) is 38.4 Å². The number of morpholine rings is 1. The molecule has 7 nitrogen and oxygen atoms in total. The number of ether oxygens (including phenoxy) is 1. The Morgan fingerprint density at radius 1 is 1.31 bits per heavy atom. The first-order chi connectivity index (χ1) is 12.2. The first-order valence-corrected chi connectivity index (χ1v) is 8.73. The van der Waals surface area contributed by atoms with Gasteiger partial charge in [0.2, 0.25) is 11.8 Å². The summed E-state index contributed by atoms with van der Waals surface area (Å²) in [5, 5.41) is 12.0. The minimum atomic E-state index is -0.0419. The van der Waals surface area contributed by atoms with Crippen LogP contribution in [0.25, 0.3) is 0 Å². The summed E-state index contributed by atoms with van der Waals surface area (Å²) in [5.41, 5.74) is 1.95. The molecule has 1 saturated heterocycles. The van der Waals surface area contributed by atoms with Gasteiger partial charge in [0.05, 0.1) is 25.5 Å². The lowest BCUT2D eigenvalue weighted by atomic mass is 10.0. The lowest BCUT2D eigenvalue weighted by Gasteiger charge is -2.25. The number of halogens is 1. The van der Waals surface area contributed by atoms with Crippen molar-refractivity contribution >= 4 is 29.9 Å². The summed E-state index contributed by atoms with van der Waals surface area (Å²) in [6.45, 7) is 2.80. The van der Waals surface area contributed by atoms with Gasteiger partial charge in [-0.1, -0.05) is 30.3 Å². The fraction of sp³-hybridized carbons (Fsp3) is 0.500. The van der Waals surface area contributed by atoms with Crippen molar-refractivity contribution in [1.82, 2.24) is 15.6 Å². The van der Waals surface area contributed by atoms with Crippen molar-refractivity contribution < 1.29 is 14.3 Å². The Labute approximate surface area is 159 Å². The van der Waals surface area contributed by atoms with Gasteiger partial charge in [-0.15, -0.1) is 12.4 Å². The first kappa shape index (κ1) is 20.4. The topological polar surface area (TPSA) is 83.0 Å². The molecule has 1 fully saturated rings. The normalized spacial score (nSPS) is 20.2. The maximum absolute atomic E-state index is 12.0. The average molecular weight is 381 g/mol. The Bertz CT molecular complexity index is 633. The number of hydrazone groups is 1. The fourth-order valence-electron chi connectivity index (χ4n) is 2.96. The van der Waals surface area contributed by atoms with E-state index in [9.17, 15) is 9.59 Å². The average Bonchev–Trinajstić information content (AvgIpc) is 2.65. The standard InChI is InChI=1S/C18H24N4O3.ClH/c23-17(12-15-13-25-11-9-19-15)20-8-10-22-18(24)7-6-16(21-22)14-4-2-1-3-5-14;/h1-5,15,19H,6-13H2,(H,20,23);1H. The molecular weight excluding hydrogens is 356 g/mol. The highest BCUT2D eigenvalue weighted by molar-refractivity contribution is 6.04. The van der Waals surface area contributed by atoms with Gasteiger partial charge in [-0.05, 0) is 5.56 Å². The fourth-order valence-corrected chi connectivity index (χ4v) is 2.96. The van der Waals surface area contributed by atoms with E-state index in [1.807, 2.05) is 30.3 Å². The van der Waals surface area contributed by atoms with Gasteiger partial charge in [-0.2, -0.15) is 5.10 Å². The van der Waals surface area contributed by atoms with E-state index in [1.165, 1.54) is 5.01 Å². The Morgan fingerprint density at radius 2 is 2.12 bits per heavy atom. The number of benzene rings is 1. The second-order valence-corrected chi connectivity index (χ2v) is 6.21. The van der Waals surface area contributed by atoms with Crippen LogP contribution in [0.2, 0.25) is 0 Å². The highest BCUT2D eigenvalue weighted by atomic mass is 35.5. The summed E-state index contributed by atoms with van der Waals surface area (Å²) in [4.78, 5) is 24.0. The molecule has 26 heavy (non-hydrogen) atoms. The summed E-state index contributed by atoms with van der Waals surface area (Å²) in [5.74, 6) is -0.0454. The maximum Gasteiger partial charge on any atom is 0.243 e. The second-order valence-electron chi connectivity index (χ2n) is 6.21. The summed E-state index contributed by atoms with van der Waals surface area (Å²) < 4.78 is 5.34. The van der Waals surface area contributed by atoms with Crippen molar-refractivity contribution in [3.8, 4) is 0 Å². The van der Waals surface area contributed by atoms with Crippen molar-refractivity contribution in [2.24, 2.45) is 5.10 Å². The monoisotopic (exact) mass is 380 g/mol. The number of nitrogens with one attached hydrogen (secondary N) is 2. The van der Waals surface area contributed by atoms with Crippen LogP contribution in [0.1, 0.15) is 24.8 Å². The van der Waals surface area contributed by atoms with Gasteiger partial charge in [0.25, 0.3) is 0 Å². The Hall–Kier alpha value is -1.96. The Kier molecular flexibility index (Phi) is 8.03. The van der Waals surface area contributed by atoms with Gasteiger partial charge in [-0.3, -0.25) is 9.59 Å². The second kappa shape index (κ2) is 10.3. The van der Waals surface area contributed by atoms with E-state index in [1.54, 1.807) is 0 Å². The number of carbonyl (C=O) groups excluding carboxylic acids is 2. The minimum absolute atomic E-state index is 0. The van der Waals surface area contributed by atoms with Crippen LogP contribution in [0.5, 0.6) is 0 Å². The molecule has 2 N–H and O–H groups in total. The quantitative estimate of drug-likeness (QED) is 0.769. The molecule has 1 aromatic carbocycles. The number of hydrogen-bond donors (Lipinski definition) is 2. The predicted octanol–water partition coefficient (Wildman–Crippen LogP) is 0.930. The maximum atomic E-state index is 12.0. The zero-order chi connectivity index (χ0) is 17.5. The highest BCUT2D eigenvalue weighted by Crippen LogP contribution is 2.14. The molecule has 0 spiro atoms. The van der Waals surface area contributed by atoms with E-state index in [0.717, 1.165) is 17.8 Å². The predicted molar refractivity (Wildman–Crippen MR) is 101 cm³/mol. The molecule has 1 unspecified atom stereocenters. The summed E-state index contributed by atoms with van der Waals surface area (Å²) in [6.07, 6.45) is 1.48.